The van der Waals surface area contributed by atoms with Crippen molar-refractivity contribution >= 4 is 61.4 Å². The second-order valence-electron chi connectivity index (χ2n) is 14.1. The summed E-state index contributed by atoms with van der Waals surface area (Å²) in [6.45, 7) is 2.23. The first-order chi connectivity index (χ1) is 27.3. The topological polar surface area (TPSA) is 235 Å². The van der Waals surface area contributed by atoms with Gasteiger partial charge in [0.1, 0.15) is 33.4 Å². The number of unbranched alkanes of at least 4 members (excludes halogenated alkanes) is 14. The molecule has 0 heterocycles. The van der Waals surface area contributed by atoms with Crippen molar-refractivity contribution in [2.24, 2.45) is 10.2 Å². The molecule has 0 aliphatic rings. The number of phenolic OH excluding ortho intramolecular Hbond substituents is 2. The molecule has 0 saturated carbocycles. The van der Waals surface area contributed by atoms with E-state index < -0.39 is 55.6 Å². The van der Waals surface area contributed by atoms with Crippen LogP contribution < -0.4 is 10.6 Å². The molecular formula is C42H52N4O10S. The van der Waals surface area contributed by atoms with E-state index in [2.05, 4.69) is 27.8 Å². The molecule has 14 nitrogen and oxygen atoms in total. The van der Waals surface area contributed by atoms with Crippen LogP contribution in [0.1, 0.15) is 130 Å². The molecule has 0 atom stereocenters. The lowest BCUT2D eigenvalue weighted by atomic mass is 10.0. The normalized spacial score (nSPS) is 11.6. The number of anilines is 2. The molecule has 15 heteroatoms. The molecule has 306 valence electrons. The highest BCUT2D eigenvalue weighted by atomic mass is 32.2. The van der Waals surface area contributed by atoms with E-state index in [0.29, 0.717) is 11.8 Å². The number of aromatic hydroxyl groups is 3. The van der Waals surface area contributed by atoms with Crippen LogP contribution in [0.3, 0.4) is 0 Å². The summed E-state index contributed by atoms with van der Waals surface area (Å²) in [6, 6.07) is 12.7. The average molecular weight is 805 g/mol. The largest absolute Gasteiger partial charge is 0.507 e. The first-order valence-corrected chi connectivity index (χ1v) is 20.9. The van der Waals surface area contributed by atoms with Crippen LogP contribution in [-0.4, -0.2) is 51.2 Å². The van der Waals surface area contributed by atoms with Crippen molar-refractivity contribution in [1.29, 1.82) is 0 Å². The van der Waals surface area contributed by atoms with Crippen molar-refractivity contribution < 1.29 is 47.8 Å². The maximum absolute atomic E-state index is 13.5. The van der Waals surface area contributed by atoms with Crippen LogP contribution in [0.5, 0.6) is 17.2 Å². The van der Waals surface area contributed by atoms with Crippen molar-refractivity contribution in [2.45, 2.75) is 115 Å². The highest BCUT2D eigenvalue weighted by molar-refractivity contribution is 7.86. The van der Waals surface area contributed by atoms with E-state index in [-0.39, 0.29) is 40.1 Å². The van der Waals surface area contributed by atoms with Crippen molar-refractivity contribution in [3.05, 3.63) is 71.8 Å². The quantitative estimate of drug-likeness (QED) is 0.0213. The van der Waals surface area contributed by atoms with E-state index in [9.17, 15) is 47.8 Å². The lowest BCUT2D eigenvalue weighted by Gasteiger charge is -2.14. The zero-order valence-electron chi connectivity index (χ0n) is 32.2. The maximum Gasteiger partial charge on any atom is 0.339 e. The van der Waals surface area contributed by atoms with Gasteiger partial charge in [0.25, 0.3) is 16.0 Å². The van der Waals surface area contributed by atoms with Crippen LogP contribution in [0, 0.1) is 0 Å². The monoisotopic (exact) mass is 804 g/mol. The summed E-state index contributed by atoms with van der Waals surface area (Å²) in [5.41, 5.74) is -1.36. The third kappa shape index (κ3) is 13.3. The van der Waals surface area contributed by atoms with Crippen molar-refractivity contribution in [2.75, 3.05) is 10.6 Å². The minimum absolute atomic E-state index is 0.0312. The Morgan fingerprint density at radius 2 is 1.18 bits per heavy atom. The molecular weight excluding hydrogens is 753 g/mol. The zero-order valence-corrected chi connectivity index (χ0v) is 33.0. The van der Waals surface area contributed by atoms with Gasteiger partial charge in [-0.15, -0.1) is 10.2 Å². The van der Waals surface area contributed by atoms with Crippen LogP contribution in [0.2, 0.25) is 0 Å². The number of hydrogen-bond donors (Lipinski definition) is 7. The predicted octanol–water partition coefficient (Wildman–Crippen LogP) is 10.8. The molecule has 4 rings (SSSR count). The van der Waals surface area contributed by atoms with Gasteiger partial charge < -0.3 is 31.1 Å². The van der Waals surface area contributed by atoms with Gasteiger partial charge in [0.2, 0.25) is 5.91 Å². The van der Waals surface area contributed by atoms with E-state index in [4.69, 9.17) is 0 Å². The van der Waals surface area contributed by atoms with Gasteiger partial charge in [-0.3, -0.25) is 14.1 Å². The average Bonchev–Trinajstić information content (AvgIpc) is 3.16. The molecule has 57 heavy (non-hydrogen) atoms. The van der Waals surface area contributed by atoms with Crippen molar-refractivity contribution in [1.82, 2.24) is 0 Å². The van der Waals surface area contributed by atoms with E-state index in [1.54, 1.807) is 18.2 Å². The number of carbonyl (C=O) groups excluding carboxylic acids is 2. The fraction of sp³-hybridized carbons (Fsp3) is 0.405. The van der Waals surface area contributed by atoms with E-state index in [1.165, 1.54) is 94.9 Å². The van der Waals surface area contributed by atoms with Gasteiger partial charge in [0, 0.05) is 28.9 Å². The Morgan fingerprint density at radius 3 is 1.75 bits per heavy atom. The number of benzene rings is 4. The Balaban J connectivity index is 1.35. The highest BCUT2D eigenvalue weighted by Crippen LogP contribution is 2.39. The highest BCUT2D eigenvalue weighted by Gasteiger charge is 2.22. The third-order valence-electron chi connectivity index (χ3n) is 9.63. The number of rotatable bonds is 23. The molecule has 0 aliphatic carbocycles. The summed E-state index contributed by atoms with van der Waals surface area (Å²) < 4.78 is 34.7. The van der Waals surface area contributed by atoms with Crippen molar-refractivity contribution in [3.63, 3.8) is 0 Å². The van der Waals surface area contributed by atoms with E-state index >= 15 is 0 Å². The Bertz CT molecular complexity index is 2170. The summed E-state index contributed by atoms with van der Waals surface area (Å²) in [4.78, 5) is 37.0. The van der Waals surface area contributed by atoms with E-state index in [1.807, 2.05) is 0 Å². The molecule has 0 spiro atoms. The van der Waals surface area contributed by atoms with E-state index in [0.717, 1.165) is 37.5 Å². The number of azo groups is 1. The van der Waals surface area contributed by atoms with Crippen LogP contribution >= 0.6 is 0 Å². The molecule has 0 radical (unpaired) electrons. The fourth-order valence-corrected chi connectivity index (χ4v) is 7.18. The van der Waals surface area contributed by atoms with Gasteiger partial charge in [-0.25, -0.2) is 4.79 Å². The lowest BCUT2D eigenvalue weighted by molar-refractivity contribution is -0.116. The number of nitrogens with zero attached hydrogens (tertiary/aromatic N) is 2. The summed E-state index contributed by atoms with van der Waals surface area (Å²) in [7, 11) is -4.86. The molecule has 2 amide bonds. The number of amides is 2. The summed E-state index contributed by atoms with van der Waals surface area (Å²) in [5, 5.41) is 54.0. The number of fused-ring (bicyclic) bond motifs is 1. The molecule has 7 N–H and O–H groups in total. The second-order valence-corrected chi connectivity index (χ2v) is 15.5. The molecule has 0 fully saturated rings. The number of hydrogen-bond acceptors (Lipinski definition) is 10. The molecule has 0 aliphatic heterocycles. The number of phenols is 3. The summed E-state index contributed by atoms with van der Waals surface area (Å²) in [5.74, 6) is -4.49. The number of aromatic carboxylic acids is 1. The summed E-state index contributed by atoms with van der Waals surface area (Å²) >= 11 is 0. The smallest absolute Gasteiger partial charge is 0.339 e. The Morgan fingerprint density at radius 1 is 0.632 bits per heavy atom. The molecule has 4 aromatic carbocycles. The Kier molecular flexibility index (Phi) is 16.8. The summed E-state index contributed by atoms with van der Waals surface area (Å²) in [6.07, 6.45) is 17.9. The van der Waals surface area contributed by atoms with Crippen molar-refractivity contribution in [3.8, 4) is 17.2 Å². The fourth-order valence-electron chi connectivity index (χ4n) is 6.51. The molecule has 0 bridgehead atoms. The predicted molar refractivity (Wildman–Crippen MR) is 219 cm³/mol. The number of nitrogens with one attached hydrogen (secondary N) is 2. The number of carbonyl (C=O) groups is 3. The first kappa shape index (κ1) is 44.2. The first-order valence-electron chi connectivity index (χ1n) is 19.5. The molecule has 0 unspecified atom stereocenters. The SMILES string of the molecule is CCCCCCCCCCCCCCCCCC(=O)Nc1ccc(NC(=O)c2cc(N=Nc3cc(C(=O)O)c(O)cc3O)c3ccccc3c2O)cc1S(=O)(=O)O. The number of carboxylic acid groups (broad SMARTS) is 1. The molecule has 0 saturated heterocycles. The molecule has 4 aromatic rings. The minimum Gasteiger partial charge on any atom is -0.507 e. The van der Waals surface area contributed by atoms with Crippen LogP contribution in [0.25, 0.3) is 10.8 Å². The van der Waals surface area contributed by atoms with Gasteiger partial charge in [-0.1, -0.05) is 121 Å². The maximum atomic E-state index is 13.5. The van der Waals surface area contributed by atoms with Gasteiger partial charge in [-0.2, -0.15) is 8.42 Å². The van der Waals surface area contributed by atoms with Gasteiger partial charge in [0.05, 0.1) is 16.9 Å². The lowest BCUT2D eigenvalue weighted by Crippen LogP contribution is -2.16. The third-order valence-corrected chi connectivity index (χ3v) is 10.5. The van der Waals surface area contributed by atoms with Crippen LogP contribution in [-0.2, 0) is 14.9 Å². The second kappa shape index (κ2) is 21.7. The van der Waals surface area contributed by atoms with Crippen LogP contribution in [0.4, 0.5) is 22.7 Å². The molecule has 0 aromatic heterocycles. The van der Waals surface area contributed by atoms with Gasteiger partial charge >= 0.3 is 5.97 Å². The minimum atomic E-state index is -4.86. The Hall–Kier alpha value is -5.54. The Labute approximate surface area is 332 Å². The standard InChI is InChI=1S/C42H52N4O10S/c1-2-3-4-5-6-7-8-9-10-11-12-13-14-15-16-21-39(49)44-33-23-22-28(24-38(33)57(54,55)56)43-41(51)32-26-34(29-19-17-18-20-30(29)40(32)50)45-46-35-25-31(42(52)53)36(47)27-37(35)48/h17-20,22-27,47-48,50H,2-16,21H2,1H3,(H,43,51)(H,44,49)(H,52,53)(H,54,55,56). The van der Waals surface area contributed by atoms with Crippen LogP contribution in [0.15, 0.2) is 75.8 Å². The zero-order chi connectivity index (χ0) is 41.4. The number of carboxylic acids is 1. The van der Waals surface area contributed by atoms with Gasteiger partial charge in [0.15, 0.2) is 0 Å². The van der Waals surface area contributed by atoms with Gasteiger partial charge in [-0.05, 0) is 36.8 Å².